The van der Waals surface area contributed by atoms with Gasteiger partial charge in [-0.05, 0) is 42.3 Å². The van der Waals surface area contributed by atoms with Crippen LogP contribution in [-0.2, 0) is 16.0 Å². The lowest BCUT2D eigenvalue weighted by molar-refractivity contribution is -0.129. The van der Waals surface area contributed by atoms with Gasteiger partial charge >= 0.3 is 0 Å². The van der Waals surface area contributed by atoms with E-state index in [2.05, 4.69) is 26.8 Å². The van der Waals surface area contributed by atoms with Crippen molar-refractivity contribution in [3.63, 3.8) is 0 Å². The molecule has 2 aromatic carbocycles. The third-order valence-corrected chi connectivity index (χ3v) is 3.67. The number of carbonyl (C=O) groups excluding carboxylic acids is 2. The Morgan fingerprint density at radius 3 is 2.35 bits per heavy atom. The molecule has 0 radical (unpaired) electrons. The maximum absolute atomic E-state index is 11.8. The molecule has 2 rings (SSSR count). The summed E-state index contributed by atoms with van der Waals surface area (Å²) in [6.45, 7) is 1.76. The fourth-order valence-corrected chi connectivity index (χ4v) is 2.15. The summed E-state index contributed by atoms with van der Waals surface area (Å²) in [7, 11) is 0. The molecule has 120 valence electrons. The first kappa shape index (κ1) is 17.0. The Labute approximate surface area is 143 Å². The first-order valence-electron chi connectivity index (χ1n) is 7.05. The number of nitrogens with one attached hydrogen (secondary N) is 2. The highest BCUT2D eigenvalue weighted by molar-refractivity contribution is 9.10. The average molecular weight is 377 g/mol. The number of benzene rings is 2. The van der Waals surface area contributed by atoms with E-state index in [1.807, 2.05) is 43.3 Å². The normalized spacial score (nSPS) is 10.0. The Balaban J connectivity index is 1.72. The molecule has 0 spiro atoms. The molecule has 2 N–H and O–H groups in total. The number of hydrogen-bond donors (Lipinski definition) is 2. The van der Waals surface area contributed by atoms with Crippen molar-refractivity contribution < 1.29 is 14.3 Å². The van der Waals surface area contributed by atoms with Crippen molar-refractivity contribution in [1.82, 2.24) is 10.9 Å². The zero-order valence-electron chi connectivity index (χ0n) is 12.6. The van der Waals surface area contributed by atoms with Crippen molar-refractivity contribution in [1.29, 1.82) is 0 Å². The molecule has 0 aromatic heterocycles. The van der Waals surface area contributed by atoms with E-state index in [0.29, 0.717) is 5.75 Å². The number of hydrazine groups is 1. The fraction of sp³-hybridized carbons (Fsp3) is 0.176. The molecular formula is C17H17BrN2O3. The van der Waals surface area contributed by atoms with E-state index in [9.17, 15) is 9.59 Å². The van der Waals surface area contributed by atoms with Gasteiger partial charge in [0, 0.05) is 4.47 Å². The van der Waals surface area contributed by atoms with Gasteiger partial charge in [0.05, 0.1) is 6.42 Å². The first-order valence-corrected chi connectivity index (χ1v) is 7.84. The highest BCUT2D eigenvalue weighted by Crippen LogP contribution is 2.15. The van der Waals surface area contributed by atoms with Gasteiger partial charge in [-0.2, -0.15) is 0 Å². The van der Waals surface area contributed by atoms with Crippen LogP contribution in [0.25, 0.3) is 0 Å². The molecule has 0 aliphatic carbocycles. The van der Waals surface area contributed by atoms with Crippen molar-refractivity contribution in [2.75, 3.05) is 6.61 Å². The zero-order valence-corrected chi connectivity index (χ0v) is 14.2. The molecule has 2 aromatic rings. The minimum absolute atomic E-state index is 0.174. The minimum Gasteiger partial charge on any atom is -0.484 e. The van der Waals surface area contributed by atoms with Gasteiger partial charge in [0.15, 0.2) is 6.61 Å². The van der Waals surface area contributed by atoms with Crippen LogP contribution in [0.5, 0.6) is 5.75 Å². The third kappa shape index (κ3) is 5.75. The predicted octanol–water partition coefficient (Wildman–Crippen LogP) is 2.53. The maximum Gasteiger partial charge on any atom is 0.276 e. The zero-order chi connectivity index (χ0) is 16.7. The molecule has 2 amide bonds. The van der Waals surface area contributed by atoms with Crippen molar-refractivity contribution >= 4 is 27.7 Å². The van der Waals surface area contributed by atoms with Crippen LogP contribution in [0.3, 0.4) is 0 Å². The van der Waals surface area contributed by atoms with Gasteiger partial charge in [-0.15, -0.1) is 0 Å². The molecular weight excluding hydrogens is 360 g/mol. The third-order valence-electron chi connectivity index (χ3n) is 3.14. The topological polar surface area (TPSA) is 67.4 Å². The number of rotatable bonds is 5. The van der Waals surface area contributed by atoms with E-state index in [4.69, 9.17) is 4.74 Å². The lowest BCUT2D eigenvalue weighted by atomic mass is 10.1. The van der Waals surface area contributed by atoms with E-state index < -0.39 is 5.91 Å². The van der Waals surface area contributed by atoms with E-state index in [1.165, 1.54) is 0 Å². The summed E-state index contributed by atoms with van der Waals surface area (Å²) in [5, 5.41) is 0. The summed E-state index contributed by atoms with van der Waals surface area (Å²) < 4.78 is 6.24. The second kappa shape index (κ2) is 8.33. The molecule has 6 heteroatoms. The van der Waals surface area contributed by atoms with Gasteiger partial charge in [-0.1, -0.05) is 40.2 Å². The van der Waals surface area contributed by atoms with Crippen molar-refractivity contribution in [2.45, 2.75) is 13.3 Å². The number of carbonyl (C=O) groups is 2. The average Bonchev–Trinajstić information content (AvgIpc) is 2.54. The van der Waals surface area contributed by atoms with Gasteiger partial charge in [0.1, 0.15) is 5.75 Å². The summed E-state index contributed by atoms with van der Waals surface area (Å²) in [5.74, 6) is -0.128. The Bertz CT molecular complexity index is 686. The largest absolute Gasteiger partial charge is 0.484 e. The molecule has 0 unspecified atom stereocenters. The van der Waals surface area contributed by atoms with Crippen LogP contribution in [0, 0.1) is 6.92 Å². The van der Waals surface area contributed by atoms with Crippen LogP contribution in [-0.4, -0.2) is 18.4 Å². The lowest BCUT2D eigenvalue weighted by Crippen LogP contribution is -2.44. The Morgan fingerprint density at radius 2 is 1.65 bits per heavy atom. The predicted molar refractivity (Wildman–Crippen MR) is 90.8 cm³/mol. The molecule has 0 bridgehead atoms. The monoisotopic (exact) mass is 376 g/mol. The van der Waals surface area contributed by atoms with Crippen LogP contribution in [0.4, 0.5) is 0 Å². The standard InChI is InChI=1S/C17H17BrN2O3/c1-12-4-2-3-5-13(12)10-16(21)19-20-17(22)11-23-15-8-6-14(18)7-9-15/h2-9H,10-11H2,1H3,(H,19,21)(H,20,22). The molecule has 0 saturated heterocycles. The molecule has 0 saturated carbocycles. The van der Waals surface area contributed by atoms with Gasteiger partial charge in [0.2, 0.25) is 5.91 Å². The SMILES string of the molecule is Cc1ccccc1CC(=O)NNC(=O)COc1ccc(Br)cc1. The van der Waals surface area contributed by atoms with E-state index >= 15 is 0 Å². The molecule has 0 aliphatic rings. The fourth-order valence-electron chi connectivity index (χ4n) is 1.88. The van der Waals surface area contributed by atoms with Crippen molar-refractivity contribution in [3.8, 4) is 5.75 Å². The van der Waals surface area contributed by atoms with Crippen molar-refractivity contribution in [2.24, 2.45) is 0 Å². The summed E-state index contributed by atoms with van der Waals surface area (Å²) >= 11 is 3.32. The van der Waals surface area contributed by atoms with Crippen LogP contribution in [0.2, 0.25) is 0 Å². The summed E-state index contributed by atoms with van der Waals surface area (Å²) in [5.41, 5.74) is 6.66. The van der Waals surface area contributed by atoms with Gasteiger partial charge < -0.3 is 4.74 Å². The molecule has 0 heterocycles. The summed E-state index contributed by atoms with van der Waals surface area (Å²) in [6.07, 6.45) is 0.209. The van der Waals surface area contributed by atoms with E-state index in [0.717, 1.165) is 15.6 Å². The highest BCUT2D eigenvalue weighted by atomic mass is 79.9. The van der Waals surface area contributed by atoms with Gasteiger partial charge in [0.25, 0.3) is 5.91 Å². The number of hydrogen-bond acceptors (Lipinski definition) is 3. The second-order valence-electron chi connectivity index (χ2n) is 4.94. The molecule has 0 fully saturated rings. The summed E-state index contributed by atoms with van der Waals surface area (Å²) in [6, 6.07) is 14.7. The molecule has 5 nitrogen and oxygen atoms in total. The molecule has 0 aliphatic heterocycles. The first-order chi connectivity index (χ1) is 11.0. The minimum atomic E-state index is -0.425. The van der Waals surface area contributed by atoms with Crippen LogP contribution >= 0.6 is 15.9 Å². The summed E-state index contributed by atoms with van der Waals surface area (Å²) in [4.78, 5) is 23.5. The van der Waals surface area contributed by atoms with Crippen molar-refractivity contribution in [3.05, 3.63) is 64.1 Å². The quantitative estimate of drug-likeness (QED) is 0.787. The molecule has 0 atom stereocenters. The highest BCUT2D eigenvalue weighted by Gasteiger charge is 2.08. The number of amides is 2. The smallest absolute Gasteiger partial charge is 0.276 e. The van der Waals surface area contributed by atoms with Crippen LogP contribution in [0.15, 0.2) is 53.0 Å². The molecule has 23 heavy (non-hydrogen) atoms. The van der Waals surface area contributed by atoms with E-state index in [-0.39, 0.29) is 18.9 Å². The second-order valence-corrected chi connectivity index (χ2v) is 5.86. The Hall–Kier alpha value is -2.34. The maximum atomic E-state index is 11.8. The number of ether oxygens (including phenoxy) is 1. The van der Waals surface area contributed by atoms with E-state index in [1.54, 1.807) is 12.1 Å². The Morgan fingerprint density at radius 1 is 1.00 bits per heavy atom. The van der Waals surface area contributed by atoms with Crippen LogP contribution in [0.1, 0.15) is 11.1 Å². The number of halogens is 1. The Kier molecular flexibility index (Phi) is 6.17. The lowest BCUT2D eigenvalue weighted by Gasteiger charge is -2.09. The van der Waals surface area contributed by atoms with Crippen LogP contribution < -0.4 is 15.6 Å². The number of aryl methyl sites for hydroxylation is 1. The van der Waals surface area contributed by atoms with Gasteiger partial charge in [-0.3, -0.25) is 20.4 Å². The van der Waals surface area contributed by atoms with Gasteiger partial charge in [-0.25, -0.2) is 0 Å².